The van der Waals surface area contributed by atoms with Gasteiger partial charge in [-0.15, -0.1) is 0 Å². The predicted molar refractivity (Wildman–Crippen MR) is 131 cm³/mol. The van der Waals surface area contributed by atoms with Crippen molar-refractivity contribution in [2.24, 2.45) is 27.8 Å². The second-order valence-electron chi connectivity index (χ2n) is 12.3. The average Bonchev–Trinajstić information content (AvgIpc) is 3.23. The number of benzene rings is 1. The highest BCUT2D eigenvalue weighted by Crippen LogP contribution is 2.63. The van der Waals surface area contributed by atoms with Gasteiger partial charge in [-0.1, -0.05) is 32.3 Å². The van der Waals surface area contributed by atoms with Crippen LogP contribution in [0.15, 0.2) is 29.4 Å². The lowest BCUT2D eigenvalue weighted by Gasteiger charge is -2.61. The molecule has 0 radical (unpaired) electrons. The van der Waals surface area contributed by atoms with Crippen molar-refractivity contribution in [2.45, 2.75) is 103 Å². The summed E-state index contributed by atoms with van der Waals surface area (Å²) in [6.07, 6.45) is 7.15. The lowest BCUT2D eigenvalue weighted by molar-refractivity contribution is -0.176. The second-order valence-corrected chi connectivity index (χ2v) is 12.3. The van der Waals surface area contributed by atoms with Gasteiger partial charge in [0.1, 0.15) is 11.4 Å². The molecule has 2 N–H and O–H groups in total. The van der Waals surface area contributed by atoms with E-state index in [2.05, 4.69) is 25.9 Å². The minimum Gasteiger partial charge on any atom is -0.497 e. The first kappa shape index (κ1) is 24.5. The normalized spacial score (nSPS) is 37.5. The third-order valence-corrected chi connectivity index (χ3v) is 9.49. The molecule has 0 aromatic heterocycles. The van der Waals surface area contributed by atoms with Crippen LogP contribution in [0.4, 0.5) is 0 Å². The standard InChI is InChI=1S/C28H43NO4/c1-25(2)14-7-15-26(3)22(25)12-16-27(4,30)23(26)13-17-28(5,31)24-18-21(29-33-24)19-8-10-20(32-6)11-9-19/h8-11,22-24,30-31H,7,12-18H2,1-6H3. The van der Waals surface area contributed by atoms with Crippen LogP contribution >= 0.6 is 0 Å². The molecule has 1 aromatic rings. The minimum absolute atomic E-state index is 0.0981. The topological polar surface area (TPSA) is 71.3 Å². The number of rotatable bonds is 6. The summed E-state index contributed by atoms with van der Waals surface area (Å²) in [5, 5.41) is 27.2. The zero-order chi connectivity index (χ0) is 24.1. The number of hydrogen-bond acceptors (Lipinski definition) is 5. The van der Waals surface area contributed by atoms with Gasteiger partial charge >= 0.3 is 0 Å². The lowest BCUT2D eigenvalue weighted by Crippen LogP contribution is -2.58. The van der Waals surface area contributed by atoms with Crippen LogP contribution in [0.5, 0.6) is 5.75 Å². The molecule has 0 bridgehead atoms. The van der Waals surface area contributed by atoms with Crippen molar-refractivity contribution in [2.75, 3.05) is 7.11 Å². The number of fused-ring (bicyclic) bond motifs is 1. The zero-order valence-electron chi connectivity index (χ0n) is 21.4. The van der Waals surface area contributed by atoms with Crippen LogP contribution in [-0.4, -0.2) is 40.3 Å². The Labute approximate surface area is 199 Å². The van der Waals surface area contributed by atoms with Gasteiger partial charge in [0.05, 0.1) is 18.4 Å². The van der Waals surface area contributed by atoms with Crippen molar-refractivity contribution < 1.29 is 19.8 Å². The van der Waals surface area contributed by atoms with Crippen molar-refractivity contribution in [3.8, 4) is 5.75 Å². The first-order valence-corrected chi connectivity index (χ1v) is 12.7. The molecule has 1 aliphatic heterocycles. The Hall–Kier alpha value is -1.59. The second kappa shape index (κ2) is 8.57. The lowest BCUT2D eigenvalue weighted by atomic mass is 9.45. The molecule has 1 heterocycles. The molecule has 2 aliphatic carbocycles. The van der Waals surface area contributed by atoms with E-state index in [1.54, 1.807) is 7.11 Å². The molecule has 1 aromatic carbocycles. The summed E-state index contributed by atoms with van der Waals surface area (Å²) in [6.45, 7) is 11.1. The van der Waals surface area contributed by atoms with Crippen LogP contribution in [-0.2, 0) is 4.84 Å². The largest absolute Gasteiger partial charge is 0.497 e. The van der Waals surface area contributed by atoms with Crippen molar-refractivity contribution in [3.63, 3.8) is 0 Å². The van der Waals surface area contributed by atoms with E-state index in [0.717, 1.165) is 42.7 Å². The molecule has 0 amide bonds. The molecule has 5 heteroatoms. The van der Waals surface area contributed by atoms with E-state index in [4.69, 9.17) is 9.57 Å². The van der Waals surface area contributed by atoms with Crippen LogP contribution in [0.3, 0.4) is 0 Å². The quantitative estimate of drug-likeness (QED) is 0.574. The minimum atomic E-state index is -1.01. The average molecular weight is 458 g/mol. The smallest absolute Gasteiger partial charge is 0.161 e. The molecule has 2 fully saturated rings. The molecule has 3 aliphatic rings. The Morgan fingerprint density at radius 2 is 1.82 bits per heavy atom. The fraction of sp³-hybridized carbons (Fsp3) is 0.750. The summed E-state index contributed by atoms with van der Waals surface area (Å²) < 4.78 is 5.24. The highest BCUT2D eigenvalue weighted by Gasteiger charge is 2.58. The number of methoxy groups -OCH3 is 1. The zero-order valence-corrected chi connectivity index (χ0v) is 21.4. The summed E-state index contributed by atoms with van der Waals surface area (Å²) in [6, 6.07) is 7.78. The maximum Gasteiger partial charge on any atom is 0.161 e. The Bertz CT molecular complexity index is 872. The third-order valence-electron chi connectivity index (χ3n) is 9.49. The van der Waals surface area contributed by atoms with Crippen molar-refractivity contribution in [1.29, 1.82) is 0 Å². The SMILES string of the molecule is COc1ccc(C2=NOC(C(C)(O)CCC3C(C)(O)CCC4C(C)(C)CCCC43C)C2)cc1. The molecular formula is C28H43NO4. The van der Waals surface area contributed by atoms with E-state index >= 15 is 0 Å². The number of ether oxygens (including phenoxy) is 1. The molecule has 184 valence electrons. The Morgan fingerprint density at radius 1 is 1.12 bits per heavy atom. The van der Waals surface area contributed by atoms with Crippen LogP contribution in [0.25, 0.3) is 0 Å². The number of oxime groups is 1. The number of aliphatic hydroxyl groups is 2. The van der Waals surface area contributed by atoms with Crippen LogP contribution < -0.4 is 4.74 Å². The number of hydrogen-bond donors (Lipinski definition) is 2. The van der Waals surface area contributed by atoms with Gasteiger partial charge in [-0.3, -0.25) is 0 Å². The van der Waals surface area contributed by atoms with Gasteiger partial charge in [0.25, 0.3) is 0 Å². The summed E-state index contributed by atoms with van der Waals surface area (Å²) in [5.74, 6) is 1.58. The predicted octanol–water partition coefficient (Wildman–Crippen LogP) is 5.71. The van der Waals surface area contributed by atoms with Crippen LogP contribution in [0, 0.1) is 22.7 Å². The summed E-state index contributed by atoms with van der Waals surface area (Å²) in [7, 11) is 1.65. The monoisotopic (exact) mass is 457 g/mol. The van der Waals surface area contributed by atoms with Crippen LogP contribution in [0.2, 0.25) is 0 Å². The molecule has 0 spiro atoms. The van der Waals surface area contributed by atoms with Gasteiger partial charge in [-0.2, -0.15) is 0 Å². The van der Waals surface area contributed by atoms with Gasteiger partial charge in [-0.05, 0) is 105 Å². The van der Waals surface area contributed by atoms with Gasteiger partial charge < -0.3 is 19.8 Å². The fourth-order valence-electron chi connectivity index (χ4n) is 7.53. The van der Waals surface area contributed by atoms with E-state index in [9.17, 15) is 10.2 Å². The molecule has 6 unspecified atom stereocenters. The summed E-state index contributed by atoms with van der Waals surface area (Å²) >= 11 is 0. The van der Waals surface area contributed by atoms with E-state index in [1.165, 1.54) is 12.8 Å². The highest BCUT2D eigenvalue weighted by molar-refractivity contribution is 6.01. The molecule has 2 saturated carbocycles. The van der Waals surface area contributed by atoms with Crippen molar-refractivity contribution in [3.05, 3.63) is 29.8 Å². The Kier molecular flexibility index (Phi) is 6.37. The van der Waals surface area contributed by atoms with E-state index < -0.39 is 11.2 Å². The Morgan fingerprint density at radius 3 is 2.48 bits per heavy atom. The third kappa shape index (κ3) is 4.55. The van der Waals surface area contributed by atoms with Gasteiger partial charge in [0.2, 0.25) is 0 Å². The molecule has 5 nitrogen and oxygen atoms in total. The molecule has 33 heavy (non-hydrogen) atoms. The molecule has 6 atom stereocenters. The van der Waals surface area contributed by atoms with Crippen molar-refractivity contribution >= 4 is 5.71 Å². The maximum atomic E-state index is 11.5. The highest BCUT2D eigenvalue weighted by atomic mass is 16.7. The first-order chi connectivity index (χ1) is 15.4. The van der Waals surface area contributed by atoms with Crippen LogP contribution in [0.1, 0.15) is 91.5 Å². The van der Waals surface area contributed by atoms with E-state index in [-0.39, 0.29) is 17.4 Å². The summed E-state index contributed by atoms with van der Waals surface area (Å²) in [5.41, 5.74) is 0.538. The summed E-state index contributed by atoms with van der Waals surface area (Å²) in [4.78, 5) is 5.74. The Balaban J connectivity index is 1.44. The molecule has 4 rings (SSSR count). The van der Waals surface area contributed by atoms with Gasteiger partial charge in [-0.25, -0.2) is 0 Å². The first-order valence-electron chi connectivity index (χ1n) is 12.7. The van der Waals surface area contributed by atoms with E-state index in [0.29, 0.717) is 24.2 Å². The van der Waals surface area contributed by atoms with Crippen molar-refractivity contribution in [1.82, 2.24) is 0 Å². The number of nitrogens with zero attached hydrogens (tertiary/aromatic N) is 1. The van der Waals surface area contributed by atoms with Gasteiger partial charge in [0, 0.05) is 6.42 Å². The molecular weight excluding hydrogens is 414 g/mol. The van der Waals surface area contributed by atoms with Gasteiger partial charge in [0.15, 0.2) is 6.10 Å². The fourth-order valence-corrected chi connectivity index (χ4v) is 7.53. The van der Waals surface area contributed by atoms with E-state index in [1.807, 2.05) is 38.1 Å². The molecule has 0 saturated heterocycles. The maximum absolute atomic E-state index is 11.5.